The molecule has 1 fully saturated rings. The van der Waals surface area contributed by atoms with Gasteiger partial charge in [0.25, 0.3) is 11.7 Å². The van der Waals surface area contributed by atoms with Gasteiger partial charge in [-0.05, 0) is 80.2 Å². The predicted octanol–water partition coefficient (Wildman–Crippen LogP) is 6.66. The molecule has 37 heavy (non-hydrogen) atoms. The van der Waals surface area contributed by atoms with Crippen LogP contribution in [0, 0.1) is 5.82 Å². The molecule has 1 atom stereocenters. The van der Waals surface area contributed by atoms with Gasteiger partial charge < -0.3 is 14.9 Å². The van der Waals surface area contributed by atoms with Gasteiger partial charge in [0.2, 0.25) is 0 Å². The van der Waals surface area contributed by atoms with Crippen molar-refractivity contribution in [3.8, 4) is 0 Å². The van der Waals surface area contributed by atoms with Gasteiger partial charge in [0.1, 0.15) is 11.6 Å². The first kappa shape index (κ1) is 28.6. The second kappa shape index (κ2) is 13.5. The molecule has 0 aromatic heterocycles. The number of unbranched alkanes of at least 4 members (excludes halogenated alkanes) is 2. The minimum atomic E-state index is -0.700. The maximum absolute atomic E-state index is 13.5. The van der Waals surface area contributed by atoms with Crippen LogP contribution in [0.15, 0.2) is 54.1 Å². The van der Waals surface area contributed by atoms with E-state index in [-0.39, 0.29) is 11.3 Å². The van der Waals surface area contributed by atoms with Crippen LogP contribution >= 0.6 is 0 Å². The fourth-order valence-corrected chi connectivity index (χ4v) is 4.85. The number of Topliss-reactive ketones (excluding diaryl/α,β-unsaturated/α-hetero) is 1. The maximum atomic E-state index is 13.5. The Bertz CT molecular complexity index is 1070. The van der Waals surface area contributed by atoms with Crippen LogP contribution in [0.25, 0.3) is 5.76 Å². The highest BCUT2D eigenvalue weighted by atomic mass is 19.1. The zero-order valence-corrected chi connectivity index (χ0v) is 22.7. The molecule has 1 heterocycles. The molecule has 0 unspecified atom stereocenters. The second-order valence-corrected chi connectivity index (χ2v) is 10.2. The van der Waals surface area contributed by atoms with E-state index in [0.29, 0.717) is 18.0 Å². The van der Waals surface area contributed by atoms with Gasteiger partial charge in [-0.3, -0.25) is 9.59 Å². The number of hydrogen-bond donors (Lipinski definition) is 1. The van der Waals surface area contributed by atoms with E-state index in [0.717, 1.165) is 62.9 Å². The molecule has 0 bridgehead atoms. The van der Waals surface area contributed by atoms with E-state index in [1.807, 2.05) is 24.3 Å². The summed E-state index contributed by atoms with van der Waals surface area (Å²) in [5, 5.41) is 11.1. The molecule has 1 amide bonds. The Labute approximate surface area is 221 Å². The molecule has 1 aliphatic rings. The summed E-state index contributed by atoms with van der Waals surface area (Å²) in [6.45, 7) is 11.9. The summed E-state index contributed by atoms with van der Waals surface area (Å²) >= 11 is 0. The molecule has 0 spiro atoms. The Morgan fingerprint density at radius 3 is 2.03 bits per heavy atom. The van der Waals surface area contributed by atoms with Crippen molar-refractivity contribution in [1.29, 1.82) is 0 Å². The standard InChI is InChI=1S/C31H41FN2O3/c1-5-7-18-33(19-8-6-2)20-9-21-34-28(24-12-10-23(11-13-24)22(3)4)27(30(36)31(34)37)29(35)25-14-16-26(32)17-15-25/h10-17,22,28,35H,5-9,18-21H2,1-4H3/t28-/m1/s1. The van der Waals surface area contributed by atoms with Crippen LogP contribution in [0.1, 0.15) is 88.4 Å². The van der Waals surface area contributed by atoms with Crippen LogP contribution < -0.4 is 0 Å². The summed E-state index contributed by atoms with van der Waals surface area (Å²) in [6, 6.07) is 12.5. The van der Waals surface area contributed by atoms with Crippen LogP contribution in [0.2, 0.25) is 0 Å². The molecule has 200 valence electrons. The molecule has 1 saturated heterocycles. The smallest absolute Gasteiger partial charge is 0.295 e. The number of amides is 1. The summed E-state index contributed by atoms with van der Waals surface area (Å²) in [4.78, 5) is 30.5. The number of nitrogens with zero attached hydrogens (tertiary/aromatic N) is 2. The Kier molecular flexibility index (Phi) is 10.4. The lowest BCUT2D eigenvalue weighted by Gasteiger charge is -2.27. The van der Waals surface area contributed by atoms with Crippen molar-refractivity contribution in [1.82, 2.24) is 9.80 Å². The quantitative estimate of drug-likeness (QED) is 0.187. The van der Waals surface area contributed by atoms with E-state index >= 15 is 0 Å². The van der Waals surface area contributed by atoms with Crippen molar-refractivity contribution in [3.63, 3.8) is 0 Å². The minimum Gasteiger partial charge on any atom is -0.507 e. The van der Waals surface area contributed by atoms with E-state index < -0.39 is 23.5 Å². The van der Waals surface area contributed by atoms with Crippen molar-refractivity contribution in [2.75, 3.05) is 26.2 Å². The molecule has 0 saturated carbocycles. The van der Waals surface area contributed by atoms with E-state index in [9.17, 15) is 19.1 Å². The summed E-state index contributed by atoms with van der Waals surface area (Å²) in [6.07, 6.45) is 5.26. The zero-order chi connectivity index (χ0) is 26.9. The highest BCUT2D eigenvalue weighted by molar-refractivity contribution is 6.46. The predicted molar refractivity (Wildman–Crippen MR) is 147 cm³/mol. The molecule has 2 aromatic rings. The van der Waals surface area contributed by atoms with Gasteiger partial charge >= 0.3 is 0 Å². The van der Waals surface area contributed by atoms with E-state index in [1.165, 1.54) is 24.3 Å². The number of carbonyl (C=O) groups excluding carboxylic acids is 2. The molecule has 1 aliphatic heterocycles. The van der Waals surface area contributed by atoms with Crippen molar-refractivity contribution >= 4 is 17.4 Å². The lowest BCUT2D eigenvalue weighted by molar-refractivity contribution is -0.140. The normalized spacial score (nSPS) is 17.4. The summed E-state index contributed by atoms with van der Waals surface area (Å²) in [5.74, 6) is -1.67. The number of aliphatic hydroxyl groups excluding tert-OH is 1. The summed E-state index contributed by atoms with van der Waals surface area (Å²) in [5.41, 5.74) is 2.30. The van der Waals surface area contributed by atoms with Crippen molar-refractivity contribution in [2.45, 2.75) is 71.8 Å². The van der Waals surface area contributed by atoms with E-state index in [4.69, 9.17) is 0 Å². The Morgan fingerprint density at radius 2 is 1.49 bits per heavy atom. The van der Waals surface area contributed by atoms with Gasteiger partial charge in [0.05, 0.1) is 11.6 Å². The van der Waals surface area contributed by atoms with Crippen molar-refractivity contribution in [2.24, 2.45) is 0 Å². The van der Waals surface area contributed by atoms with E-state index in [1.54, 1.807) is 4.90 Å². The van der Waals surface area contributed by atoms with Gasteiger partial charge in [-0.2, -0.15) is 0 Å². The van der Waals surface area contributed by atoms with Crippen LogP contribution in [0.3, 0.4) is 0 Å². The first-order valence-electron chi connectivity index (χ1n) is 13.6. The third-order valence-corrected chi connectivity index (χ3v) is 7.11. The van der Waals surface area contributed by atoms with Crippen molar-refractivity contribution < 1.29 is 19.1 Å². The molecule has 0 aliphatic carbocycles. The molecule has 5 nitrogen and oxygen atoms in total. The average molecular weight is 509 g/mol. The topological polar surface area (TPSA) is 60.9 Å². The SMILES string of the molecule is CCCCN(CCCC)CCCN1C(=O)C(=O)C(=C(O)c2ccc(F)cc2)[C@H]1c1ccc(C(C)C)cc1. The first-order valence-corrected chi connectivity index (χ1v) is 13.6. The highest BCUT2D eigenvalue weighted by Gasteiger charge is 2.45. The van der Waals surface area contributed by atoms with Crippen LogP contribution in [-0.4, -0.2) is 52.8 Å². The minimum absolute atomic E-state index is 0.0581. The zero-order valence-electron chi connectivity index (χ0n) is 22.7. The lowest BCUT2D eigenvalue weighted by Crippen LogP contribution is -2.34. The number of halogens is 1. The molecule has 6 heteroatoms. The number of hydrogen-bond acceptors (Lipinski definition) is 4. The summed E-state index contributed by atoms with van der Waals surface area (Å²) in [7, 11) is 0. The average Bonchev–Trinajstić information content (AvgIpc) is 3.15. The van der Waals surface area contributed by atoms with Gasteiger partial charge in [0, 0.05) is 12.1 Å². The third-order valence-electron chi connectivity index (χ3n) is 7.11. The first-order chi connectivity index (χ1) is 17.8. The van der Waals surface area contributed by atoms with Gasteiger partial charge in [-0.15, -0.1) is 0 Å². The lowest BCUT2D eigenvalue weighted by atomic mass is 9.93. The number of aliphatic hydroxyl groups is 1. The molecular weight excluding hydrogens is 467 g/mol. The van der Waals surface area contributed by atoms with Crippen molar-refractivity contribution in [3.05, 3.63) is 76.6 Å². The summed E-state index contributed by atoms with van der Waals surface area (Å²) < 4.78 is 13.5. The number of rotatable bonds is 13. The number of ketones is 1. The van der Waals surface area contributed by atoms with Crippen LogP contribution in [0.4, 0.5) is 4.39 Å². The second-order valence-electron chi connectivity index (χ2n) is 10.2. The highest BCUT2D eigenvalue weighted by Crippen LogP contribution is 2.39. The molecule has 1 N–H and O–H groups in total. The number of benzene rings is 2. The van der Waals surface area contributed by atoms with Gasteiger partial charge in [-0.25, -0.2) is 4.39 Å². The molecule has 0 radical (unpaired) electrons. The van der Waals surface area contributed by atoms with E-state index in [2.05, 4.69) is 32.6 Å². The van der Waals surface area contributed by atoms with Crippen LogP contribution in [-0.2, 0) is 9.59 Å². The molecule has 2 aromatic carbocycles. The maximum Gasteiger partial charge on any atom is 0.295 e. The fraction of sp³-hybridized carbons (Fsp3) is 0.484. The van der Waals surface area contributed by atoms with Gasteiger partial charge in [-0.1, -0.05) is 64.8 Å². The Balaban J connectivity index is 1.93. The Hall–Kier alpha value is -2.99. The number of likely N-dealkylation sites (tertiary alicyclic amines) is 1. The Morgan fingerprint density at radius 1 is 0.919 bits per heavy atom. The number of carbonyl (C=O) groups is 2. The largest absolute Gasteiger partial charge is 0.507 e. The molecule has 3 rings (SSSR count). The monoisotopic (exact) mass is 508 g/mol. The van der Waals surface area contributed by atoms with Crippen LogP contribution in [0.5, 0.6) is 0 Å². The third kappa shape index (κ3) is 7.07. The fourth-order valence-electron chi connectivity index (χ4n) is 4.85. The van der Waals surface area contributed by atoms with Gasteiger partial charge in [0.15, 0.2) is 0 Å². The molecular formula is C31H41FN2O3.